The Morgan fingerprint density at radius 1 is 1.13 bits per heavy atom. The molecule has 0 aliphatic heterocycles. The molecule has 4 heteroatoms. The Balaban J connectivity index is 1.91. The number of esters is 1. The number of aliphatic hydroxyl groups excluding tert-OH is 1. The van der Waals surface area contributed by atoms with Gasteiger partial charge in [-0.1, -0.05) is 36.4 Å². The second-order valence-electron chi connectivity index (χ2n) is 5.31. The number of aryl methyl sites for hydroxylation is 1. The molecule has 4 nitrogen and oxygen atoms in total. The van der Waals surface area contributed by atoms with Crippen LogP contribution in [0.15, 0.2) is 48.5 Å². The van der Waals surface area contributed by atoms with Gasteiger partial charge in [0.1, 0.15) is 12.4 Å². The average Bonchev–Trinajstić information content (AvgIpc) is 2.55. The van der Waals surface area contributed by atoms with Crippen LogP contribution in [0, 0.1) is 6.92 Å². The lowest BCUT2D eigenvalue weighted by atomic mass is 10.1. The van der Waals surface area contributed by atoms with Gasteiger partial charge in [0, 0.05) is 0 Å². The van der Waals surface area contributed by atoms with Gasteiger partial charge in [-0.05, 0) is 42.7 Å². The maximum absolute atomic E-state index is 11.4. The van der Waals surface area contributed by atoms with Crippen molar-refractivity contribution in [3.8, 4) is 5.75 Å². The first-order valence-electron chi connectivity index (χ1n) is 7.71. The number of rotatable bonds is 7. The van der Waals surface area contributed by atoms with E-state index in [0.29, 0.717) is 18.8 Å². The molecule has 0 spiro atoms. The minimum Gasteiger partial charge on any atom is -0.489 e. The molecule has 1 N–H and O–H groups in total. The van der Waals surface area contributed by atoms with Crippen LogP contribution < -0.4 is 4.74 Å². The summed E-state index contributed by atoms with van der Waals surface area (Å²) >= 11 is 0. The van der Waals surface area contributed by atoms with E-state index in [1.807, 2.05) is 31.2 Å². The van der Waals surface area contributed by atoms with Gasteiger partial charge in [-0.3, -0.25) is 4.79 Å². The van der Waals surface area contributed by atoms with Gasteiger partial charge < -0.3 is 14.6 Å². The van der Waals surface area contributed by atoms with Crippen LogP contribution in [-0.4, -0.2) is 17.7 Å². The van der Waals surface area contributed by atoms with E-state index in [2.05, 4.69) is 0 Å². The van der Waals surface area contributed by atoms with Crippen LogP contribution in [0.3, 0.4) is 0 Å². The molecule has 0 radical (unpaired) electrons. The van der Waals surface area contributed by atoms with Gasteiger partial charge in [0.15, 0.2) is 0 Å². The molecule has 23 heavy (non-hydrogen) atoms. The fraction of sp³-hybridized carbons (Fsp3) is 0.316. The summed E-state index contributed by atoms with van der Waals surface area (Å²) < 4.78 is 10.6. The van der Waals surface area contributed by atoms with E-state index in [9.17, 15) is 9.90 Å². The van der Waals surface area contributed by atoms with Crippen molar-refractivity contribution in [2.24, 2.45) is 0 Å². The molecule has 0 amide bonds. The van der Waals surface area contributed by atoms with E-state index in [4.69, 9.17) is 9.47 Å². The Labute approximate surface area is 136 Å². The second-order valence-corrected chi connectivity index (χ2v) is 5.31. The molecule has 0 fully saturated rings. The molecule has 0 heterocycles. The summed E-state index contributed by atoms with van der Waals surface area (Å²) in [4.78, 5) is 11.4. The molecular formula is C19H22O4. The van der Waals surface area contributed by atoms with Crippen LogP contribution >= 0.6 is 0 Å². The average molecular weight is 314 g/mol. The monoisotopic (exact) mass is 314 g/mol. The molecule has 0 aliphatic rings. The molecule has 0 aromatic heterocycles. The van der Waals surface area contributed by atoms with E-state index in [0.717, 1.165) is 11.3 Å². The van der Waals surface area contributed by atoms with Crippen molar-refractivity contribution in [2.45, 2.75) is 33.0 Å². The molecule has 0 bridgehead atoms. The molecule has 0 saturated heterocycles. The summed E-state index contributed by atoms with van der Waals surface area (Å²) in [6.45, 7) is 4.60. The number of hydrogen-bond acceptors (Lipinski definition) is 4. The molecule has 0 aliphatic carbocycles. The van der Waals surface area contributed by atoms with Crippen LogP contribution in [0.2, 0.25) is 0 Å². The van der Waals surface area contributed by atoms with Crippen molar-refractivity contribution in [1.29, 1.82) is 0 Å². The van der Waals surface area contributed by atoms with Crippen LogP contribution in [0.5, 0.6) is 5.75 Å². The summed E-state index contributed by atoms with van der Waals surface area (Å²) in [5.41, 5.74) is 2.99. The predicted octanol–water partition coefficient (Wildman–Crippen LogP) is 3.56. The van der Waals surface area contributed by atoms with E-state index < -0.39 is 12.1 Å². The van der Waals surface area contributed by atoms with Crippen molar-refractivity contribution < 1.29 is 19.4 Å². The van der Waals surface area contributed by atoms with Crippen molar-refractivity contribution in [3.05, 3.63) is 65.2 Å². The molecule has 1 atom stereocenters. The number of carbonyl (C=O) groups excluding carboxylic acids is 1. The van der Waals surface area contributed by atoms with Crippen molar-refractivity contribution in [1.82, 2.24) is 0 Å². The number of benzene rings is 2. The lowest BCUT2D eigenvalue weighted by Crippen LogP contribution is -2.10. The zero-order valence-corrected chi connectivity index (χ0v) is 13.5. The number of hydrogen-bond donors (Lipinski definition) is 1. The van der Waals surface area contributed by atoms with E-state index in [1.54, 1.807) is 31.2 Å². The lowest BCUT2D eigenvalue weighted by molar-refractivity contribution is -0.145. The Hall–Kier alpha value is -2.33. The first kappa shape index (κ1) is 17.0. The Morgan fingerprint density at radius 3 is 2.48 bits per heavy atom. The number of carbonyl (C=O) groups is 1. The van der Waals surface area contributed by atoms with Gasteiger partial charge in [-0.25, -0.2) is 0 Å². The molecule has 0 unspecified atom stereocenters. The first-order chi connectivity index (χ1) is 11.1. The Bertz CT molecular complexity index is 634. The van der Waals surface area contributed by atoms with Crippen LogP contribution in [0.1, 0.15) is 36.1 Å². The van der Waals surface area contributed by atoms with Gasteiger partial charge in [-0.15, -0.1) is 0 Å². The Kier molecular flexibility index (Phi) is 6.18. The summed E-state index contributed by atoms with van der Waals surface area (Å²) in [7, 11) is 0. The maximum Gasteiger partial charge on any atom is 0.308 e. The maximum atomic E-state index is 11.4. The molecule has 2 aromatic rings. The quantitative estimate of drug-likeness (QED) is 0.794. The lowest BCUT2D eigenvalue weighted by Gasteiger charge is -2.12. The highest BCUT2D eigenvalue weighted by Gasteiger charge is 2.13. The van der Waals surface area contributed by atoms with Crippen LogP contribution in [-0.2, 0) is 16.1 Å². The highest BCUT2D eigenvalue weighted by Crippen LogP contribution is 2.21. The fourth-order valence-electron chi connectivity index (χ4n) is 2.21. The topological polar surface area (TPSA) is 55.8 Å². The van der Waals surface area contributed by atoms with Crippen molar-refractivity contribution >= 4 is 5.97 Å². The summed E-state index contributed by atoms with van der Waals surface area (Å²) in [5, 5.41) is 10.0. The van der Waals surface area contributed by atoms with Crippen molar-refractivity contribution in [2.75, 3.05) is 6.61 Å². The van der Waals surface area contributed by atoms with Gasteiger partial charge in [0.25, 0.3) is 0 Å². The third-order valence-electron chi connectivity index (χ3n) is 3.59. The zero-order chi connectivity index (χ0) is 16.7. The van der Waals surface area contributed by atoms with E-state index in [-0.39, 0.29) is 6.42 Å². The smallest absolute Gasteiger partial charge is 0.308 e. The molecule has 0 saturated carbocycles. The van der Waals surface area contributed by atoms with Crippen LogP contribution in [0.4, 0.5) is 0 Å². The summed E-state index contributed by atoms with van der Waals surface area (Å²) in [6, 6.07) is 15.2. The first-order valence-corrected chi connectivity index (χ1v) is 7.71. The van der Waals surface area contributed by atoms with Gasteiger partial charge in [0.2, 0.25) is 0 Å². The number of aliphatic hydroxyl groups is 1. The highest BCUT2D eigenvalue weighted by atomic mass is 16.5. The van der Waals surface area contributed by atoms with Crippen molar-refractivity contribution in [3.63, 3.8) is 0 Å². The third-order valence-corrected chi connectivity index (χ3v) is 3.59. The normalized spacial score (nSPS) is 11.8. The fourth-order valence-corrected chi connectivity index (χ4v) is 2.21. The van der Waals surface area contributed by atoms with E-state index >= 15 is 0 Å². The standard InChI is InChI=1S/C19H22O4/c1-3-22-19(21)12-18(20)15-8-10-17(11-9-15)23-13-16-7-5-4-6-14(16)2/h4-11,18,20H,3,12-13H2,1-2H3/t18-/m1/s1. The van der Waals surface area contributed by atoms with Gasteiger partial charge in [-0.2, -0.15) is 0 Å². The minimum atomic E-state index is -0.862. The Morgan fingerprint density at radius 2 is 1.83 bits per heavy atom. The largest absolute Gasteiger partial charge is 0.489 e. The summed E-state index contributed by atoms with van der Waals surface area (Å²) in [5.74, 6) is 0.320. The van der Waals surface area contributed by atoms with E-state index in [1.165, 1.54) is 5.56 Å². The minimum absolute atomic E-state index is 0.0444. The van der Waals surface area contributed by atoms with Crippen LogP contribution in [0.25, 0.3) is 0 Å². The molecule has 122 valence electrons. The summed E-state index contributed by atoms with van der Waals surface area (Å²) in [6.07, 6.45) is -0.906. The second kappa shape index (κ2) is 8.34. The third kappa shape index (κ3) is 5.11. The molecule has 2 rings (SSSR count). The SMILES string of the molecule is CCOC(=O)C[C@@H](O)c1ccc(OCc2ccccc2C)cc1. The number of ether oxygens (including phenoxy) is 2. The molecular weight excluding hydrogens is 292 g/mol. The highest BCUT2D eigenvalue weighted by molar-refractivity contribution is 5.70. The van der Waals surface area contributed by atoms with Gasteiger partial charge in [0.05, 0.1) is 19.1 Å². The predicted molar refractivity (Wildman–Crippen MR) is 88.2 cm³/mol. The van der Waals surface area contributed by atoms with Gasteiger partial charge >= 0.3 is 5.97 Å². The molecule has 2 aromatic carbocycles. The zero-order valence-electron chi connectivity index (χ0n) is 13.5.